The van der Waals surface area contributed by atoms with E-state index < -0.39 is 11.6 Å². The summed E-state index contributed by atoms with van der Waals surface area (Å²) in [6, 6.07) is 12.0. The van der Waals surface area contributed by atoms with Crippen LogP contribution in [0.5, 0.6) is 5.75 Å². The second-order valence-electron chi connectivity index (χ2n) is 10.3. The highest BCUT2D eigenvalue weighted by atomic mass is 16.7. The van der Waals surface area contributed by atoms with E-state index in [9.17, 15) is 14.4 Å². The average Bonchev–Trinajstić information content (AvgIpc) is 3.68. The minimum atomic E-state index is -1.14. The molecule has 11 heteroatoms. The van der Waals surface area contributed by atoms with Gasteiger partial charge in [0.25, 0.3) is 11.8 Å². The maximum atomic E-state index is 13.3. The quantitative estimate of drug-likeness (QED) is 0.406. The number of fused-ring (bicyclic) bond motifs is 2. The second kappa shape index (κ2) is 10.2. The largest absolute Gasteiger partial charge is 0.497 e. The maximum Gasteiger partial charge on any atom is 0.339 e. The van der Waals surface area contributed by atoms with Crippen molar-refractivity contribution in [2.45, 2.75) is 24.9 Å². The molecule has 1 aromatic heterocycles. The van der Waals surface area contributed by atoms with Crippen LogP contribution in [0.3, 0.4) is 0 Å². The van der Waals surface area contributed by atoms with Crippen LogP contribution in [-0.2, 0) is 16.9 Å². The van der Waals surface area contributed by atoms with E-state index in [1.165, 1.54) is 12.8 Å². The molecule has 0 aliphatic carbocycles. The van der Waals surface area contributed by atoms with Gasteiger partial charge in [0.05, 0.1) is 13.7 Å². The third-order valence-electron chi connectivity index (χ3n) is 7.66. The molecule has 1 atom stereocenters. The van der Waals surface area contributed by atoms with Crippen LogP contribution in [0.25, 0.3) is 11.0 Å². The first-order valence-electron chi connectivity index (χ1n) is 13.1. The Labute approximate surface area is 225 Å². The molecule has 6 rings (SSSR count). The number of hydrogen-bond acceptors (Lipinski definition) is 7. The molecule has 2 fully saturated rings. The Hall–Kier alpha value is -4.09. The van der Waals surface area contributed by atoms with Crippen molar-refractivity contribution in [2.24, 2.45) is 0 Å². The van der Waals surface area contributed by atoms with Gasteiger partial charge in [-0.15, -0.1) is 0 Å². The number of benzene rings is 2. The molecule has 2 aromatic carbocycles. The van der Waals surface area contributed by atoms with Crippen LogP contribution in [0.1, 0.15) is 44.9 Å². The lowest BCUT2D eigenvalue weighted by Gasteiger charge is -2.38. The van der Waals surface area contributed by atoms with E-state index in [0.717, 1.165) is 30.6 Å². The zero-order valence-electron chi connectivity index (χ0n) is 21.7. The van der Waals surface area contributed by atoms with Gasteiger partial charge in [-0.3, -0.25) is 14.4 Å². The lowest BCUT2D eigenvalue weighted by molar-refractivity contribution is -0.0284. The van der Waals surface area contributed by atoms with Crippen molar-refractivity contribution in [2.75, 3.05) is 46.4 Å². The summed E-state index contributed by atoms with van der Waals surface area (Å²) >= 11 is 0. The van der Waals surface area contributed by atoms with Crippen molar-refractivity contribution >= 4 is 28.8 Å². The Morgan fingerprint density at radius 2 is 1.97 bits per heavy atom. The summed E-state index contributed by atoms with van der Waals surface area (Å²) in [5.74, 6) is 0.698. The summed E-state index contributed by atoms with van der Waals surface area (Å²) in [5, 5.41) is 6.68. The lowest BCUT2D eigenvalue weighted by atomic mass is 9.95. The summed E-state index contributed by atoms with van der Waals surface area (Å²) in [4.78, 5) is 47.9. The summed E-state index contributed by atoms with van der Waals surface area (Å²) in [7, 11) is 1.56. The molecule has 3 aromatic rings. The van der Waals surface area contributed by atoms with Crippen LogP contribution in [0.2, 0.25) is 0 Å². The van der Waals surface area contributed by atoms with E-state index in [1.807, 2.05) is 24.3 Å². The summed E-state index contributed by atoms with van der Waals surface area (Å²) in [6.45, 7) is 4.12. The number of nitrogens with one attached hydrogen (secondary N) is 3. The van der Waals surface area contributed by atoms with Gasteiger partial charge in [-0.05, 0) is 61.8 Å². The zero-order chi connectivity index (χ0) is 27.0. The lowest BCUT2D eigenvalue weighted by Crippen LogP contribution is -2.62. The van der Waals surface area contributed by atoms with E-state index >= 15 is 0 Å². The molecule has 3 N–H and O–H groups in total. The molecule has 0 radical (unpaired) electrons. The molecule has 0 unspecified atom stereocenters. The highest BCUT2D eigenvalue weighted by Gasteiger charge is 2.45. The van der Waals surface area contributed by atoms with Crippen molar-refractivity contribution in [1.29, 1.82) is 0 Å². The first-order valence-corrected chi connectivity index (χ1v) is 13.1. The number of carbonyl (C=O) groups excluding carboxylic acids is 3. The normalized spacial score (nSPS) is 21.1. The smallest absolute Gasteiger partial charge is 0.339 e. The number of urea groups is 1. The Balaban J connectivity index is 1.23. The monoisotopic (exact) mass is 533 g/mol. The van der Waals surface area contributed by atoms with E-state index in [-0.39, 0.29) is 25.0 Å². The third-order valence-corrected chi connectivity index (χ3v) is 7.66. The molecular weight excluding hydrogens is 502 g/mol. The van der Waals surface area contributed by atoms with Crippen LogP contribution in [-0.4, -0.2) is 74.1 Å². The van der Waals surface area contributed by atoms with Gasteiger partial charge in [-0.1, -0.05) is 12.1 Å². The number of likely N-dealkylation sites (tertiary alicyclic amines) is 1. The van der Waals surface area contributed by atoms with Crippen LogP contribution >= 0.6 is 0 Å². The van der Waals surface area contributed by atoms with Gasteiger partial charge < -0.3 is 29.6 Å². The van der Waals surface area contributed by atoms with Crippen molar-refractivity contribution in [3.8, 4) is 5.75 Å². The van der Waals surface area contributed by atoms with Crippen molar-refractivity contribution < 1.29 is 28.4 Å². The molecule has 204 valence electrons. The fourth-order valence-corrected chi connectivity index (χ4v) is 5.56. The van der Waals surface area contributed by atoms with Gasteiger partial charge in [0, 0.05) is 36.1 Å². The molecule has 2 saturated heterocycles. The molecule has 0 saturated carbocycles. The highest BCUT2D eigenvalue weighted by molar-refractivity contribution is 5.99. The number of rotatable bonds is 8. The molecule has 0 spiro atoms. The van der Waals surface area contributed by atoms with Gasteiger partial charge in [0.1, 0.15) is 29.2 Å². The molecule has 4 heterocycles. The topological polar surface area (TPSA) is 125 Å². The van der Waals surface area contributed by atoms with Gasteiger partial charge >= 0.3 is 6.03 Å². The number of furan rings is 1. The van der Waals surface area contributed by atoms with Gasteiger partial charge in [-0.2, -0.15) is 0 Å². The SMILES string of the molecule is COc1ccc2c(c1)C(=O)N(C[C@]1(c3cc4ccc(C(=O)NCCN5CCCC5)cc4o3)CONC(=O)N1)C2. The number of hydrogen-bond donors (Lipinski definition) is 3. The van der Waals surface area contributed by atoms with Crippen molar-refractivity contribution in [3.63, 3.8) is 0 Å². The van der Waals surface area contributed by atoms with Gasteiger partial charge in [0.2, 0.25) is 0 Å². The highest BCUT2D eigenvalue weighted by Crippen LogP contribution is 2.34. The van der Waals surface area contributed by atoms with Crippen LogP contribution in [0.4, 0.5) is 4.79 Å². The average molecular weight is 534 g/mol. The Kier molecular flexibility index (Phi) is 6.61. The van der Waals surface area contributed by atoms with Crippen LogP contribution < -0.4 is 20.9 Å². The molecule has 11 nitrogen and oxygen atoms in total. The summed E-state index contributed by atoms with van der Waals surface area (Å²) in [6.07, 6.45) is 2.42. The number of carbonyl (C=O) groups is 3. The third kappa shape index (κ3) is 4.90. The molecule has 0 bridgehead atoms. The van der Waals surface area contributed by atoms with Crippen molar-refractivity contribution in [1.82, 2.24) is 25.9 Å². The first kappa shape index (κ1) is 25.2. The standard InChI is InChI=1S/C28H31N5O6/c1-37-21-7-6-20-15-33(26(35)22(20)14-21)16-28(17-38-31-27(36)30-28)24-13-18-4-5-19(12-23(18)39-24)25(34)29-8-11-32-9-2-3-10-32/h4-7,12-14H,2-3,8-11,15-17H2,1H3,(H,29,34)(H2,30,31,36)/t28-/m1/s1. The molecule has 39 heavy (non-hydrogen) atoms. The second-order valence-corrected chi connectivity index (χ2v) is 10.3. The molecular formula is C28H31N5O6. The summed E-state index contributed by atoms with van der Waals surface area (Å²) < 4.78 is 11.5. The number of amides is 4. The maximum absolute atomic E-state index is 13.3. The summed E-state index contributed by atoms with van der Waals surface area (Å²) in [5.41, 5.74) is 3.60. The van der Waals surface area contributed by atoms with E-state index in [4.69, 9.17) is 14.0 Å². The minimum absolute atomic E-state index is 0.0336. The first-order chi connectivity index (χ1) is 18.9. The van der Waals surface area contributed by atoms with E-state index in [1.54, 1.807) is 30.2 Å². The van der Waals surface area contributed by atoms with E-state index in [2.05, 4.69) is 21.0 Å². The number of methoxy groups -OCH3 is 1. The Morgan fingerprint density at radius 1 is 1.13 bits per heavy atom. The molecule has 3 aliphatic heterocycles. The number of ether oxygens (including phenoxy) is 1. The Morgan fingerprint density at radius 3 is 2.77 bits per heavy atom. The predicted molar refractivity (Wildman–Crippen MR) is 141 cm³/mol. The fraction of sp³-hybridized carbons (Fsp3) is 0.393. The zero-order valence-corrected chi connectivity index (χ0v) is 21.7. The van der Waals surface area contributed by atoms with Gasteiger partial charge in [0.15, 0.2) is 0 Å². The minimum Gasteiger partial charge on any atom is -0.497 e. The number of nitrogens with zero attached hydrogens (tertiary/aromatic N) is 2. The van der Waals surface area contributed by atoms with Crippen molar-refractivity contribution in [3.05, 3.63) is 64.9 Å². The number of hydroxylamine groups is 1. The van der Waals surface area contributed by atoms with E-state index in [0.29, 0.717) is 41.3 Å². The van der Waals surface area contributed by atoms with Crippen LogP contribution in [0, 0.1) is 0 Å². The fourth-order valence-electron chi connectivity index (χ4n) is 5.56. The molecule has 3 aliphatic rings. The predicted octanol–water partition coefficient (Wildman–Crippen LogP) is 2.36. The Bertz CT molecular complexity index is 1430. The van der Waals surface area contributed by atoms with Crippen LogP contribution in [0.15, 0.2) is 46.9 Å². The van der Waals surface area contributed by atoms with Gasteiger partial charge in [-0.25, -0.2) is 10.3 Å². The molecule has 4 amide bonds.